The predicted molar refractivity (Wildman–Crippen MR) is 77.5 cm³/mol. The quantitative estimate of drug-likeness (QED) is 0.745. The van der Waals surface area contributed by atoms with Crippen LogP contribution in [0.5, 0.6) is 0 Å². The molecule has 3 rings (SSSR count). The Morgan fingerprint density at radius 1 is 1.48 bits per heavy atom. The molecule has 3 aliphatic rings. The summed E-state index contributed by atoms with van der Waals surface area (Å²) in [5.74, 6) is -0.948. The van der Waals surface area contributed by atoms with E-state index in [4.69, 9.17) is 5.11 Å². The molecular weight excluding hydrogens is 292 g/mol. The molecule has 6 nitrogen and oxygen atoms in total. The molecule has 0 aromatic rings. The molecule has 2 saturated heterocycles. The highest BCUT2D eigenvalue weighted by atomic mass is 32.2. The van der Waals surface area contributed by atoms with Gasteiger partial charge in [0, 0.05) is 18.2 Å². The van der Waals surface area contributed by atoms with Crippen molar-refractivity contribution >= 4 is 29.5 Å². The zero-order chi connectivity index (χ0) is 15.2. The number of carbonyl (C=O) groups is 3. The van der Waals surface area contributed by atoms with Crippen LogP contribution in [0.4, 0.5) is 0 Å². The molecule has 0 saturated carbocycles. The number of rotatable bonds is 3. The number of thioether (sulfide) groups is 1. The number of hydrogen-bond acceptors (Lipinski definition) is 4. The third-order valence-electron chi connectivity index (χ3n) is 4.48. The van der Waals surface area contributed by atoms with Gasteiger partial charge in [0.25, 0.3) is 0 Å². The van der Waals surface area contributed by atoms with Crippen LogP contribution in [-0.2, 0) is 14.4 Å². The van der Waals surface area contributed by atoms with Gasteiger partial charge in [0.05, 0.1) is 10.8 Å². The summed E-state index contributed by atoms with van der Waals surface area (Å²) >= 11 is 1.65. The summed E-state index contributed by atoms with van der Waals surface area (Å²) < 4.78 is 0. The molecule has 2 aliphatic heterocycles. The van der Waals surface area contributed by atoms with E-state index in [0.29, 0.717) is 18.6 Å². The fraction of sp³-hybridized carbons (Fsp3) is 0.643. The van der Waals surface area contributed by atoms with Crippen LogP contribution in [0.3, 0.4) is 0 Å². The average Bonchev–Trinajstić information content (AvgIpc) is 3.07. The SMILES string of the molecule is CC12CCC(=O)N1C(C(=O)NC1C=CC(C(=O)O)C1)CS2. The monoisotopic (exact) mass is 310 g/mol. The Morgan fingerprint density at radius 3 is 2.90 bits per heavy atom. The molecule has 2 amide bonds. The molecule has 2 fully saturated rings. The highest BCUT2D eigenvalue weighted by Gasteiger charge is 2.53. The van der Waals surface area contributed by atoms with Gasteiger partial charge in [-0.1, -0.05) is 12.2 Å². The van der Waals surface area contributed by atoms with Crippen molar-refractivity contribution in [1.82, 2.24) is 10.2 Å². The van der Waals surface area contributed by atoms with Crippen molar-refractivity contribution in [3.8, 4) is 0 Å². The van der Waals surface area contributed by atoms with E-state index in [9.17, 15) is 14.4 Å². The summed E-state index contributed by atoms with van der Waals surface area (Å²) in [5.41, 5.74) is 0. The van der Waals surface area contributed by atoms with Gasteiger partial charge in [-0.05, 0) is 19.8 Å². The van der Waals surface area contributed by atoms with Crippen LogP contribution < -0.4 is 5.32 Å². The first-order valence-corrected chi connectivity index (χ1v) is 8.07. The summed E-state index contributed by atoms with van der Waals surface area (Å²) in [6, 6.07) is -0.694. The Balaban J connectivity index is 1.63. The molecule has 2 N–H and O–H groups in total. The number of nitrogens with one attached hydrogen (secondary N) is 1. The van der Waals surface area contributed by atoms with Crippen LogP contribution >= 0.6 is 11.8 Å². The lowest BCUT2D eigenvalue weighted by Crippen LogP contribution is -2.51. The van der Waals surface area contributed by atoms with E-state index >= 15 is 0 Å². The number of carbonyl (C=O) groups excluding carboxylic acids is 2. The summed E-state index contributed by atoms with van der Waals surface area (Å²) in [6.07, 6.45) is 5.00. The first-order chi connectivity index (χ1) is 9.90. The number of aliphatic carboxylic acids is 1. The van der Waals surface area contributed by atoms with Crippen LogP contribution in [0.1, 0.15) is 26.2 Å². The average molecular weight is 310 g/mol. The molecule has 114 valence electrons. The van der Waals surface area contributed by atoms with E-state index in [1.165, 1.54) is 0 Å². The number of carboxylic acids is 1. The van der Waals surface area contributed by atoms with Crippen LogP contribution in [-0.4, -0.2) is 50.5 Å². The summed E-state index contributed by atoms with van der Waals surface area (Å²) in [4.78, 5) is 36.8. The third-order valence-corrected chi connectivity index (χ3v) is 5.98. The van der Waals surface area contributed by atoms with Crippen molar-refractivity contribution in [2.24, 2.45) is 5.92 Å². The first-order valence-electron chi connectivity index (χ1n) is 7.08. The van der Waals surface area contributed by atoms with Crippen molar-refractivity contribution < 1.29 is 19.5 Å². The van der Waals surface area contributed by atoms with E-state index in [0.717, 1.165) is 6.42 Å². The molecule has 4 unspecified atom stereocenters. The number of fused-ring (bicyclic) bond motifs is 1. The maximum absolute atomic E-state index is 12.4. The van der Waals surface area contributed by atoms with Gasteiger partial charge in [0.15, 0.2) is 0 Å². The highest BCUT2D eigenvalue weighted by molar-refractivity contribution is 8.01. The molecule has 4 atom stereocenters. The van der Waals surface area contributed by atoms with Gasteiger partial charge < -0.3 is 15.3 Å². The van der Waals surface area contributed by atoms with Crippen molar-refractivity contribution in [2.75, 3.05) is 5.75 Å². The Kier molecular flexibility index (Phi) is 3.47. The smallest absolute Gasteiger partial charge is 0.310 e. The molecule has 0 radical (unpaired) electrons. The van der Waals surface area contributed by atoms with Gasteiger partial charge in [-0.3, -0.25) is 14.4 Å². The Labute approximate surface area is 126 Å². The Hall–Kier alpha value is -1.50. The maximum Gasteiger partial charge on any atom is 0.310 e. The van der Waals surface area contributed by atoms with Crippen LogP contribution in [0, 0.1) is 5.92 Å². The Morgan fingerprint density at radius 2 is 2.24 bits per heavy atom. The lowest BCUT2D eigenvalue weighted by Gasteiger charge is -2.30. The number of hydrogen-bond donors (Lipinski definition) is 2. The normalized spacial score (nSPS) is 37.9. The topological polar surface area (TPSA) is 86.7 Å². The van der Waals surface area contributed by atoms with E-state index < -0.39 is 17.9 Å². The van der Waals surface area contributed by atoms with Gasteiger partial charge >= 0.3 is 5.97 Å². The van der Waals surface area contributed by atoms with Crippen molar-refractivity contribution in [2.45, 2.75) is 43.1 Å². The fourth-order valence-electron chi connectivity index (χ4n) is 3.28. The van der Waals surface area contributed by atoms with Gasteiger partial charge in [-0.2, -0.15) is 0 Å². The molecular formula is C14H18N2O4S. The second-order valence-corrected chi connectivity index (χ2v) is 7.45. The van der Waals surface area contributed by atoms with E-state index in [1.807, 2.05) is 6.92 Å². The minimum absolute atomic E-state index is 0.0352. The predicted octanol–water partition coefficient (Wildman–Crippen LogP) is 0.586. The first kappa shape index (κ1) is 14.4. The molecule has 1 aliphatic carbocycles. The van der Waals surface area contributed by atoms with Gasteiger partial charge in [0.2, 0.25) is 11.8 Å². The maximum atomic E-state index is 12.4. The number of amides is 2. The van der Waals surface area contributed by atoms with Crippen molar-refractivity contribution in [3.05, 3.63) is 12.2 Å². The van der Waals surface area contributed by atoms with Gasteiger partial charge in [0.1, 0.15) is 6.04 Å². The molecule has 0 bridgehead atoms. The van der Waals surface area contributed by atoms with Crippen LogP contribution in [0.2, 0.25) is 0 Å². The van der Waals surface area contributed by atoms with Crippen LogP contribution in [0.15, 0.2) is 12.2 Å². The number of nitrogens with zero attached hydrogens (tertiary/aromatic N) is 1. The highest BCUT2D eigenvalue weighted by Crippen LogP contribution is 2.47. The zero-order valence-corrected chi connectivity index (χ0v) is 12.6. The minimum Gasteiger partial charge on any atom is -0.481 e. The molecule has 0 spiro atoms. The lowest BCUT2D eigenvalue weighted by atomic mass is 10.1. The van der Waals surface area contributed by atoms with Crippen molar-refractivity contribution in [1.29, 1.82) is 0 Å². The summed E-state index contributed by atoms with van der Waals surface area (Å²) in [6.45, 7) is 2.01. The minimum atomic E-state index is -0.873. The fourth-order valence-corrected chi connectivity index (χ4v) is 4.71. The van der Waals surface area contributed by atoms with E-state index in [-0.39, 0.29) is 22.7 Å². The second kappa shape index (κ2) is 5.05. The van der Waals surface area contributed by atoms with E-state index in [2.05, 4.69) is 5.32 Å². The molecule has 2 heterocycles. The molecule has 0 aromatic carbocycles. The summed E-state index contributed by atoms with van der Waals surface area (Å²) in [5, 5.41) is 11.8. The largest absolute Gasteiger partial charge is 0.481 e. The Bertz CT molecular complexity index is 535. The second-order valence-electron chi connectivity index (χ2n) is 5.95. The molecule has 21 heavy (non-hydrogen) atoms. The molecule has 7 heteroatoms. The lowest BCUT2D eigenvalue weighted by molar-refractivity contribution is -0.140. The third kappa shape index (κ3) is 2.43. The standard InChI is InChI=1S/C14H18N2O4S/c1-14-5-4-11(17)16(14)10(7-21-14)12(18)15-9-3-2-8(6-9)13(19)20/h2-3,8-10H,4-7H2,1H3,(H,15,18)(H,19,20). The van der Waals surface area contributed by atoms with Crippen LogP contribution in [0.25, 0.3) is 0 Å². The molecule has 0 aromatic heterocycles. The van der Waals surface area contributed by atoms with Gasteiger partial charge in [-0.15, -0.1) is 11.8 Å². The van der Waals surface area contributed by atoms with Gasteiger partial charge in [-0.25, -0.2) is 0 Å². The zero-order valence-electron chi connectivity index (χ0n) is 11.7. The number of carboxylic acid groups (broad SMARTS) is 1. The summed E-state index contributed by atoms with van der Waals surface area (Å²) in [7, 11) is 0. The van der Waals surface area contributed by atoms with E-state index in [1.54, 1.807) is 28.8 Å². The van der Waals surface area contributed by atoms with Crippen molar-refractivity contribution in [3.63, 3.8) is 0 Å².